The lowest BCUT2D eigenvalue weighted by atomic mass is 10.2. The molecule has 1 aromatic rings. The van der Waals surface area contributed by atoms with Crippen molar-refractivity contribution in [2.75, 3.05) is 32.3 Å². The Morgan fingerprint density at radius 2 is 2.00 bits per heavy atom. The summed E-state index contributed by atoms with van der Waals surface area (Å²) in [4.78, 5) is 0. The summed E-state index contributed by atoms with van der Waals surface area (Å²) in [7, 11) is 0.270. The van der Waals surface area contributed by atoms with Crippen LogP contribution in [0.4, 0.5) is 0 Å². The van der Waals surface area contributed by atoms with Crippen LogP contribution in [0.3, 0.4) is 0 Å². The highest BCUT2D eigenvalue weighted by Gasteiger charge is 2.15. The van der Waals surface area contributed by atoms with Crippen LogP contribution in [0.1, 0.15) is 18.9 Å². The molecule has 0 saturated carbocycles. The molecule has 0 amide bonds. The van der Waals surface area contributed by atoms with E-state index in [-0.39, 0.29) is 18.1 Å². The molecule has 0 aromatic heterocycles. The zero-order chi connectivity index (χ0) is 15.9. The lowest BCUT2D eigenvalue weighted by molar-refractivity contribution is 0.307. The number of rotatable bonds is 9. The van der Waals surface area contributed by atoms with Crippen molar-refractivity contribution in [1.82, 2.24) is 5.32 Å². The van der Waals surface area contributed by atoms with Gasteiger partial charge in [-0.25, -0.2) is 8.42 Å². The van der Waals surface area contributed by atoms with Crippen LogP contribution in [0, 0.1) is 0 Å². The highest BCUT2D eigenvalue weighted by molar-refractivity contribution is 7.91. The van der Waals surface area contributed by atoms with Gasteiger partial charge in [-0.05, 0) is 19.5 Å². The fourth-order valence-corrected chi connectivity index (χ4v) is 3.34. The van der Waals surface area contributed by atoms with E-state index in [4.69, 9.17) is 21.1 Å². The number of halogens is 1. The Bertz CT molecular complexity index is 560. The summed E-state index contributed by atoms with van der Waals surface area (Å²) in [5, 5.41) is 3.56. The second-order valence-electron chi connectivity index (χ2n) is 4.63. The van der Waals surface area contributed by atoms with E-state index in [2.05, 4.69) is 5.32 Å². The summed E-state index contributed by atoms with van der Waals surface area (Å²) in [6, 6.07) is 3.42. The molecule has 0 aliphatic carbocycles. The molecule has 0 radical (unpaired) electrons. The van der Waals surface area contributed by atoms with Gasteiger partial charge in [-0.15, -0.1) is 0 Å². The van der Waals surface area contributed by atoms with Crippen LogP contribution >= 0.6 is 11.6 Å². The van der Waals surface area contributed by atoms with Crippen LogP contribution in [0.5, 0.6) is 11.5 Å². The van der Waals surface area contributed by atoms with Gasteiger partial charge in [0.2, 0.25) is 0 Å². The van der Waals surface area contributed by atoms with Crippen molar-refractivity contribution in [3.05, 3.63) is 22.7 Å². The van der Waals surface area contributed by atoms with E-state index in [1.54, 1.807) is 12.1 Å². The third-order valence-corrected chi connectivity index (χ3v) is 4.88. The molecule has 0 aliphatic rings. The lowest BCUT2D eigenvalue weighted by Crippen LogP contribution is -2.18. The maximum atomic E-state index is 11.7. The molecule has 21 heavy (non-hydrogen) atoms. The minimum Gasteiger partial charge on any atom is -0.493 e. The number of hydrogen-bond donors (Lipinski definition) is 1. The molecule has 1 N–H and O–H groups in total. The molecule has 0 bridgehead atoms. The van der Waals surface area contributed by atoms with Gasteiger partial charge >= 0.3 is 0 Å². The first-order valence-corrected chi connectivity index (χ1v) is 8.97. The third-order valence-electron chi connectivity index (χ3n) is 2.84. The second-order valence-corrected chi connectivity index (χ2v) is 7.37. The fraction of sp³-hybridized carbons (Fsp3) is 0.571. The van der Waals surface area contributed by atoms with Gasteiger partial charge in [-0.3, -0.25) is 0 Å². The summed E-state index contributed by atoms with van der Waals surface area (Å²) < 4.78 is 34.3. The number of methoxy groups -OCH3 is 1. The smallest absolute Gasteiger partial charge is 0.165 e. The van der Waals surface area contributed by atoms with Crippen molar-refractivity contribution in [3.63, 3.8) is 0 Å². The molecule has 7 heteroatoms. The van der Waals surface area contributed by atoms with Gasteiger partial charge in [0, 0.05) is 23.2 Å². The number of sulfone groups is 1. The molecule has 0 spiro atoms. The predicted octanol–water partition coefficient (Wildman–Crippen LogP) is 2.27. The largest absolute Gasteiger partial charge is 0.493 e. The summed E-state index contributed by atoms with van der Waals surface area (Å²) in [5.74, 6) is 1.20. The molecule has 0 atom stereocenters. The van der Waals surface area contributed by atoms with Gasteiger partial charge in [0.1, 0.15) is 6.61 Å². The van der Waals surface area contributed by atoms with Gasteiger partial charge in [0.05, 0.1) is 18.6 Å². The molecule has 120 valence electrons. The van der Waals surface area contributed by atoms with E-state index in [1.807, 2.05) is 14.0 Å². The Labute approximate surface area is 131 Å². The zero-order valence-corrected chi connectivity index (χ0v) is 14.2. The van der Waals surface area contributed by atoms with E-state index in [1.165, 1.54) is 7.11 Å². The standard InChI is InChI=1S/C14H22ClNO4S/c1-4-6-21(17,18)7-5-20-14-11(10-16-2)8-12(15)9-13(14)19-3/h8-9,16H,4-7,10H2,1-3H3. The van der Waals surface area contributed by atoms with E-state index in [9.17, 15) is 8.42 Å². The summed E-state index contributed by atoms with van der Waals surface area (Å²) in [6.45, 7) is 2.48. The van der Waals surface area contributed by atoms with Crippen molar-refractivity contribution in [2.45, 2.75) is 19.9 Å². The van der Waals surface area contributed by atoms with Gasteiger partial charge < -0.3 is 14.8 Å². The van der Waals surface area contributed by atoms with Crippen LogP contribution in [-0.4, -0.2) is 40.7 Å². The molecule has 0 fully saturated rings. The minimum absolute atomic E-state index is 0.00832. The van der Waals surface area contributed by atoms with E-state index in [0.717, 1.165) is 5.56 Å². The Hall–Kier alpha value is -0.980. The minimum atomic E-state index is -3.06. The first kappa shape index (κ1) is 18.1. The first-order chi connectivity index (χ1) is 9.93. The lowest BCUT2D eigenvalue weighted by Gasteiger charge is -2.15. The average molecular weight is 336 g/mol. The molecule has 0 saturated heterocycles. The molecule has 5 nitrogen and oxygen atoms in total. The van der Waals surface area contributed by atoms with Gasteiger partial charge in [0.15, 0.2) is 21.3 Å². The van der Waals surface area contributed by atoms with Crippen molar-refractivity contribution in [1.29, 1.82) is 0 Å². The van der Waals surface area contributed by atoms with Gasteiger partial charge in [0.25, 0.3) is 0 Å². The third kappa shape index (κ3) is 5.73. The molecular formula is C14H22ClNO4S. The van der Waals surface area contributed by atoms with Crippen molar-refractivity contribution < 1.29 is 17.9 Å². The first-order valence-electron chi connectivity index (χ1n) is 6.77. The van der Waals surface area contributed by atoms with E-state index in [0.29, 0.717) is 29.5 Å². The Balaban J connectivity index is 2.86. The number of ether oxygens (including phenoxy) is 2. The Morgan fingerprint density at radius 1 is 1.29 bits per heavy atom. The van der Waals surface area contributed by atoms with Crippen LogP contribution < -0.4 is 14.8 Å². The zero-order valence-electron chi connectivity index (χ0n) is 12.6. The normalized spacial score (nSPS) is 11.4. The Kier molecular flexibility index (Phi) is 7.28. The predicted molar refractivity (Wildman–Crippen MR) is 85.2 cm³/mol. The average Bonchev–Trinajstić information content (AvgIpc) is 2.40. The molecule has 0 unspecified atom stereocenters. The summed E-state index contributed by atoms with van der Waals surface area (Å²) in [6.07, 6.45) is 0.609. The van der Waals surface area contributed by atoms with Crippen molar-refractivity contribution in [3.8, 4) is 11.5 Å². The topological polar surface area (TPSA) is 64.6 Å². The highest BCUT2D eigenvalue weighted by atomic mass is 35.5. The Morgan fingerprint density at radius 3 is 2.57 bits per heavy atom. The molecule has 1 rings (SSSR count). The number of hydrogen-bond acceptors (Lipinski definition) is 5. The maximum Gasteiger partial charge on any atom is 0.165 e. The van der Waals surface area contributed by atoms with Crippen LogP contribution in [0.25, 0.3) is 0 Å². The SMILES string of the molecule is CCCS(=O)(=O)CCOc1c(CNC)cc(Cl)cc1OC. The second kappa shape index (κ2) is 8.46. The maximum absolute atomic E-state index is 11.7. The molecule has 0 heterocycles. The monoisotopic (exact) mass is 335 g/mol. The van der Waals surface area contributed by atoms with Crippen molar-refractivity contribution in [2.24, 2.45) is 0 Å². The number of nitrogens with one attached hydrogen (secondary N) is 1. The van der Waals surface area contributed by atoms with E-state index >= 15 is 0 Å². The molecule has 0 aliphatic heterocycles. The molecule has 1 aromatic carbocycles. The molecular weight excluding hydrogens is 314 g/mol. The van der Waals surface area contributed by atoms with Gasteiger partial charge in [-0.2, -0.15) is 0 Å². The summed E-state index contributed by atoms with van der Waals surface area (Å²) >= 11 is 6.03. The van der Waals surface area contributed by atoms with Crippen LogP contribution in [-0.2, 0) is 16.4 Å². The van der Waals surface area contributed by atoms with Crippen molar-refractivity contribution >= 4 is 21.4 Å². The highest BCUT2D eigenvalue weighted by Crippen LogP contribution is 2.34. The quantitative estimate of drug-likeness (QED) is 0.750. The summed E-state index contributed by atoms with van der Waals surface area (Å²) in [5.41, 5.74) is 0.828. The number of benzene rings is 1. The van der Waals surface area contributed by atoms with Gasteiger partial charge in [-0.1, -0.05) is 18.5 Å². The van der Waals surface area contributed by atoms with Crippen LogP contribution in [0.2, 0.25) is 5.02 Å². The van der Waals surface area contributed by atoms with Crippen LogP contribution in [0.15, 0.2) is 12.1 Å². The fourth-order valence-electron chi connectivity index (χ4n) is 1.94. The van der Waals surface area contributed by atoms with E-state index < -0.39 is 9.84 Å².